The minimum absolute atomic E-state index is 0.278. The fourth-order valence-electron chi connectivity index (χ4n) is 4.85. The Morgan fingerprint density at radius 3 is 2.14 bits per heavy atom. The lowest BCUT2D eigenvalue weighted by Crippen LogP contribution is -2.58. The Labute approximate surface area is 125 Å². The number of ether oxygens (including phenoxy) is 2. The number of hydrogen-bond acceptors (Lipinski definition) is 4. The third-order valence-electron chi connectivity index (χ3n) is 5.81. The van der Waals surface area contributed by atoms with Crippen LogP contribution in [-0.4, -0.2) is 24.1 Å². The fraction of sp³-hybridized carbons (Fsp3) is 0.765. The van der Waals surface area contributed by atoms with E-state index < -0.39 is 12.3 Å². The van der Waals surface area contributed by atoms with Gasteiger partial charge >= 0.3 is 5.97 Å². The third-order valence-corrected chi connectivity index (χ3v) is 5.81. The maximum atomic E-state index is 11.6. The summed E-state index contributed by atoms with van der Waals surface area (Å²) in [5.41, 5.74) is -0.0605. The number of carbonyl (C=O) groups is 2. The molecule has 0 radical (unpaired) electrons. The van der Waals surface area contributed by atoms with E-state index in [1.807, 2.05) is 0 Å². The van der Waals surface area contributed by atoms with Gasteiger partial charge in [-0.2, -0.15) is 0 Å². The van der Waals surface area contributed by atoms with Crippen molar-refractivity contribution in [2.45, 2.75) is 57.8 Å². The molecule has 1 atom stereocenters. The zero-order valence-corrected chi connectivity index (χ0v) is 12.8. The van der Waals surface area contributed by atoms with Gasteiger partial charge in [0, 0.05) is 5.57 Å². The summed E-state index contributed by atoms with van der Waals surface area (Å²) in [6.45, 7) is 7.20. The van der Waals surface area contributed by atoms with Crippen molar-refractivity contribution in [3.05, 3.63) is 12.2 Å². The van der Waals surface area contributed by atoms with Gasteiger partial charge in [0.05, 0.1) is 5.60 Å². The maximum absolute atomic E-state index is 11.6. The molecule has 4 heteroatoms. The predicted octanol–water partition coefficient (Wildman–Crippen LogP) is 2.86. The Hall–Kier alpha value is -1.16. The number of esters is 1. The van der Waals surface area contributed by atoms with Crippen LogP contribution in [0.4, 0.5) is 0 Å². The Balaban J connectivity index is 1.71. The van der Waals surface area contributed by atoms with E-state index in [0.29, 0.717) is 18.1 Å². The van der Waals surface area contributed by atoms with Gasteiger partial charge in [0.15, 0.2) is 6.29 Å². The molecule has 0 saturated heterocycles. The lowest BCUT2D eigenvalue weighted by atomic mass is 9.50. The molecular formula is C17H24O4. The highest BCUT2D eigenvalue weighted by atomic mass is 16.7. The van der Waals surface area contributed by atoms with Gasteiger partial charge in [-0.15, -0.1) is 0 Å². The van der Waals surface area contributed by atoms with Crippen molar-refractivity contribution >= 4 is 12.3 Å². The third kappa shape index (κ3) is 2.54. The van der Waals surface area contributed by atoms with E-state index in [-0.39, 0.29) is 11.2 Å². The van der Waals surface area contributed by atoms with Crippen LogP contribution in [-0.2, 0) is 19.1 Å². The topological polar surface area (TPSA) is 52.6 Å². The van der Waals surface area contributed by atoms with E-state index in [0.717, 1.165) is 11.8 Å². The molecule has 0 N–H and O–H groups in total. The van der Waals surface area contributed by atoms with Crippen LogP contribution in [0.2, 0.25) is 0 Å². The summed E-state index contributed by atoms with van der Waals surface area (Å²) in [6.07, 6.45) is 5.57. The highest BCUT2D eigenvalue weighted by molar-refractivity contribution is 5.87. The molecule has 0 aliphatic heterocycles. The molecule has 4 aliphatic carbocycles. The molecule has 116 valence electrons. The Bertz CT molecular complexity index is 439. The lowest BCUT2D eigenvalue weighted by Gasteiger charge is -2.59. The van der Waals surface area contributed by atoms with E-state index in [1.54, 1.807) is 6.92 Å². The minimum Gasteiger partial charge on any atom is -0.425 e. The van der Waals surface area contributed by atoms with Gasteiger partial charge in [-0.3, -0.25) is 4.79 Å². The quantitative estimate of drug-likeness (QED) is 0.338. The van der Waals surface area contributed by atoms with Crippen LogP contribution < -0.4 is 0 Å². The van der Waals surface area contributed by atoms with Crippen molar-refractivity contribution in [2.75, 3.05) is 0 Å². The highest BCUT2D eigenvalue weighted by Gasteiger charge is 2.56. The van der Waals surface area contributed by atoms with Gasteiger partial charge in [-0.05, 0) is 69.6 Å². The van der Waals surface area contributed by atoms with Gasteiger partial charge in [0.25, 0.3) is 6.29 Å². The van der Waals surface area contributed by atoms with Gasteiger partial charge in [0.2, 0.25) is 0 Å². The first-order chi connectivity index (χ1) is 9.92. The summed E-state index contributed by atoms with van der Waals surface area (Å²) in [7, 11) is 0. The first kappa shape index (κ1) is 14.8. The fourth-order valence-corrected chi connectivity index (χ4v) is 4.85. The molecule has 0 aromatic rings. The standard InChI is InChI=1S/C17H24O4/c1-10(2)16(19)20-15(9-18)21-17(3)13-5-11-4-12(7-13)8-14(17)6-11/h9,11-15H,1,4-8H2,2-3H3. The minimum atomic E-state index is -1.11. The number of hydrogen-bond donors (Lipinski definition) is 0. The summed E-state index contributed by atoms with van der Waals surface area (Å²) in [4.78, 5) is 22.8. The van der Waals surface area contributed by atoms with Crippen molar-refractivity contribution in [1.82, 2.24) is 0 Å². The van der Waals surface area contributed by atoms with Crippen LogP contribution in [0.25, 0.3) is 0 Å². The molecule has 4 rings (SSSR count). The average Bonchev–Trinajstić information content (AvgIpc) is 2.43. The Kier molecular flexibility index (Phi) is 3.68. The molecule has 4 aliphatic rings. The maximum Gasteiger partial charge on any atom is 0.335 e. The molecule has 4 nitrogen and oxygen atoms in total. The number of aldehydes is 1. The van der Waals surface area contributed by atoms with Crippen LogP contribution >= 0.6 is 0 Å². The van der Waals surface area contributed by atoms with E-state index >= 15 is 0 Å². The summed E-state index contributed by atoms with van der Waals surface area (Å²) < 4.78 is 11.1. The van der Waals surface area contributed by atoms with Crippen LogP contribution in [0.3, 0.4) is 0 Å². The molecule has 1 unspecified atom stereocenters. The second kappa shape index (κ2) is 5.24. The summed E-state index contributed by atoms with van der Waals surface area (Å²) >= 11 is 0. The Morgan fingerprint density at radius 2 is 1.71 bits per heavy atom. The molecule has 4 saturated carbocycles. The van der Waals surface area contributed by atoms with Crippen molar-refractivity contribution in [1.29, 1.82) is 0 Å². The average molecular weight is 292 g/mol. The number of carbonyl (C=O) groups excluding carboxylic acids is 2. The predicted molar refractivity (Wildman–Crippen MR) is 77.3 cm³/mol. The molecule has 0 amide bonds. The highest BCUT2D eigenvalue weighted by Crippen LogP contribution is 2.59. The van der Waals surface area contributed by atoms with Gasteiger partial charge in [-0.1, -0.05) is 6.58 Å². The van der Waals surface area contributed by atoms with E-state index in [4.69, 9.17) is 9.47 Å². The summed E-state index contributed by atoms with van der Waals surface area (Å²) in [5.74, 6) is 2.06. The van der Waals surface area contributed by atoms with E-state index in [1.165, 1.54) is 32.1 Å². The first-order valence-corrected chi connectivity index (χ1v) is 7.92. The molecule has 0 aromatic carbocycles. The number of rotatable bonds is 5. The second-order valence-electron chi connectivity index (χ2n) is 7.30. The van der Waals surface area contributed by atoms with Crippen molar-refractivity contribution in [3.63, 3.8) is 0 Å². The largest absolute Gasteiger partial charge is 0.425 e. The molecule has 21 heavy (non-hydrogen) atoms. The van der Waals surface area contributed by atoms with Crippen molar-refractivity contribution in [3.8, 4) is 0 Å². The van der Waals surface area contributed by atoms with Gasteiger partial charge < -0.3 is 9.47 Å². The van der Waals surface area contributed by atoms with Crippen LogP contribution in [0.5, 0.6) is 0 Å². The molecule has 4 fully saturated rings. The molecule has 0 aromatic heterocycles. The smallest absolute Gasteiger partial charge is 0.335 e. The first-order valence-electron chi connectivity index (χ1n) is 7.92. The molecular weight excluding hydrogens is 268 g/mol. The van der Waals surface area contributed by atoms with Gasteiger partial charge in [0.1, 0.15) is 0 Å². The van der Waals surface area contributed by atoms with Crippen LogP contribution in [0.1, 0.15) is 46.0 Å². The summed E-state index contributed by atoms with van der Waals surface area (Å²) in [6, 6.07) is 0. The van der Waals surface area contributed by atoms with Crippen molar-refractivity contribution in [2.24, 2.45) is 23.7 Å². The SMILES string of the molecule is C=C(C)C(=O)OC(C=O)OC1(C)C2CC3CC(C2)CC1C3. The van der Waals surface area contributed by atoms with Crippen molar-refractivity contribution < 1.29 is 19.1 Å². The Morgan fingerprint density at radius 1 is 1.19 bits per heavy atom. The molecule has 0 heterocycles. The van der Waals surface area contributed by atoms with Crippen LogP contribution in [0.15, 0.2) is 12.2 Å². The lowest BCUT2D eigenvalue weighted by molar-refractivity contribution is -0.256. The van der Waals surface area contributed by atoms with Crippen LogP contribution in [0, 0.1) is 23.7 Å². The van der Waals surface area contributed by atoms with Gasteiger partial charge in [-0.25, -0.2) is 4.79 Å². The molecule has 0 spiro atoms. The monoisotopic (exact) mass is 292 g/mol. The summed E-state index contributed by atoms with van der Waals surface area (Å²) in [5, 5.41) is 0. The second-order valence-corrected chi connectivity index (χ2v) is 7.30. The zero-order chi connectivity index (χ0) is 15.2. The zero-order valence-electron chi connectivity index (χ0n) is 12.8. The molecule has 4 bridgehead atoms. The normalized spacial score (nSPS) is 41.6. The van der Waals surface area contributed by atoms with E-state index in [2.05, 4.69) is 13.5 Å². The van der Waals surface area contributed by atoms with E-state index in [9.17, 15) is 9.59 Å².